The van der Waals surface area contributed by atoms with Crippen LogP contribution in [-0.4, -0.2) is 50.0 Å². The minimum atomic E-state index is -3.90. The summed E-state index contributed by atoms with van der Waals surface area (Å²) in [5, 5.41) is 4.18. The van der Waals surface area contributed by atoms with Gasteiger partial charge in [-0.1, -0.05) is 90.1 Å². The zero-order valence-electron chi connectivity index (χ0n) is 23.5. The molecule has 0 saturated heterocycles. The summed E-state index contributed by atoms with van der Waals surface area (Å²) < 4.78 is 26.9. The van der Waals surface area contributed by atoms with E-state index in [4.69, 9.17) is 34.8 Å². The number of benzene rings is 3. The Kier molecular flexibility index (Phi) is 10.8. The molecule has 0 radical (unpaired) electrons. The predicted molar refractivity (Wildman–Crippen MR) is 170 cm³/mol. The largest absolute Gasteiger partial charge is 0.352 e. The molecule has 1 aliphatic rings. The van der Waals surface area contributed by atoms with Crippen molar-refractivity contribution in [3.63, 3.8) is 0 Å². The molecule has 42 heavy (non-hydrogen) atoms. The van der Waals surface area contributed by atoms with Crippen molar-refractivity contribution >= 4 is 62.3 Å². The zero-order valence-corrected chi connectivity index (χ0v) is 26.6. The van der Waals surface area contributed by atoms with E-state index in [2.05, 4.69) is 5.32 Å². The Labute approximate surface area is 262 Å². The number of anilines is 1. The standard InChI is InChI=1S/C31H34Cl3N3O4S/c1-21-12-14-25(18-27(21)33)37(42(2,40)41)20-30(38)36(19-23-13-15-26(32)28(34)16-23)29(17-22-8-4-3-5-9-22)31(39)35-24-10-6-7-11-24/h3-5,8-9,12-16,18,24,29H,6-7,10-11,17,19-20H2,1-2H3,(H,35,39). The zero-order chi connectivity index (χ0) is 30.4. The van der Waals surface area contributed by atoms with E-state index < -0.39 is 28.5 Å². The van der Waals surface area contributed by atoms with E-state index in [1.165, 1.54) is 11.0 Å². The molecule has 1 fully saturated rings. The Morgan fingerprint density at radius 1 is 0.905 bits per heavy atom. The molecule has 224 valence electrons. The van der Waals surface area contributed by atoms with E-state index >= 15 is 0 Å². The quantitative estimate of drug-likeness (QED) is 0.260. The maximum Gasteiger partial charge on any atom is 0.244 e. The van der Waals surface area contributed by atoms with Crippen molar-refractivity contribution in [1.82, 2.24) is 10.2 Å². The highest BCUT2D eigenvalue weighted by Crippen LogP contribution is 2.27. The van der Waals surface area contributed by atoms with Gasteiger partial charge in [-0.25, -0.2) is 8.42 Å². The van der Waals surface area contributed by atoms with Gasteiger partial charge in [0, 0.05) is 24.0 Å². The summed E-state index contributed by atoms with van der Waals surface area (Å²) in [5.74, 6) is -0.839. The molecule has 2 amide bonds. The molecule has 3 aromatic rings. The molecular weight excluding hydrogens is 617 g/mol. The number of rotatable bonds is 11. The lowest BCUT2D eigenvalue weighted by molar-refractivity contribution is -0.140. The molecule has 1 unspecified atom stereocenters. The molecule has 1 N–H and O–H groups in total. The van der Waals surface area contributed by atoms with Gasteiger partial charge in [-0.05, 0) is 60.7 Å². The first kappa shape index (κ1) is 32.1. The SMILES string of the molecule is Cc1ccc(N(CC(=O)N(Cc2ccc(Cl)c(Cl)c2)C(Cc2ccccc2)C(=O)NC2CCCC2)S(C)(=O)=O)cc1Cl. The van der Waals surface area contributed by atoms with Crippen molar-refractivity contribution in [3.05, 3.63) is 98.5 Å². The van der Waals surface area contributed by atoms with Gasteiger partial charge in [0.1, 0.15) is 12.6 Å². The van der Waals surface area contributed by atoms with Gasteiger partial charge in [-0.2, -0.15) is 0 Å². The molecule has 1 aliphatic carbocycles. The van der Waals surface area contributed by atoms with Crippen LogP contribution in [0.25, 0.3) is 0 Å². The van der Waals surface area contributed by atoms with Crippen molar-refractivity contribution < 1.29 is 18.0 Å². The molecule has 4 rings (SSSR count). The number of carbonyl (C=O) groups is 2. The van der Waals surface area contributed by atoms with Crippen LogP contribution in [0.3, 0.4) is 0 Å². The number of amides is 2. The number of nitrogens with one attached hydrogen (secondary N) is 1. The first-order valence-corrected chi connectivity index (χ1v) is 16.7. The monoisotopic (exact) mass is 649 g/mol. The third kappa shape index (κ3) is 8.40. The van der Waals surface area contributed by atoms with Gasteiger partial charge in [0.25, 0.3) is 0 Å². The fourth-order valence-electron chi connectivity index (χ4n) is 5.11. The summed E-state index contributed by atoms with van der Waals surface area (Å²) in [4.78, 5) is 29.5. The topological polar surface area (TPSA) is 86.8 Å². The summed E-state index contributed by atoms with van der Waals surface area (Å²) in [6.45, 7) is 1.29. The van der Waals surface area contributed by atoms with Crippen LogP contribution in [-0.2, 0) is 32.6 Å². The van der Waals surface area contributed by atoms with E-state index in [0.717, 1.165) is 47.4 Å². The van der Waals surface area contributed by atoms with Crippen LogP contribution in [0.1, 0.15) is 42.4 Å². The average molecular weight is 651 g/mol. The van der Waals surface area contributed by atoms with Crippen molar-refractivity contribution in [3.8, 4) is 0 Å². The number of sulfonamides is 1. The second-order valence-electron chi connectivity index (χ2n) is 10.7. The van der Waals surface area contributed by atoms with Gasteiger partial charge in [0.15, 0.2) is 0 Å². The van der Waals surface area contributed by atoms with Crippen LogP contribution in [0, 0.1) is 6.92 Å². The smallest absolute Gasteiger partial charge is 0.244 e. The predicted octanol–water partition coefficient (Wildman–Crippen LogP) is 6.42. The van der Waals surface area contributed by atoms with Crippen molar-refractivity contribution in [2.24, 2.45) is 0 Å². The number of halogens is 3. The molecule has 0 bridgehead atoms. The number of aryl methyl sites for hydroxylation is 1. The molecule has 7 nitrogen and oxygen atoms in total. The number of hydrogen-bond acceptors (Lipinski definition) is 4. The lowest BCUT2D eigenvalue weighted by Gasteiger charge is -2.34. The van der Waals surface area contributed by atoms with Crippen LogP contribution < -0.4 is 9.62 Å². The second-order valence-corrected chi connectivity index (χ2v) is 13.8. The Morgan fingerprint density at radius 3 is 2.21 bits per heavy atom. The molecule has 1 atom stereocenters. The van der Waals surface area contributed by atoms with Crippen LogP contribution in [0.2, 0.25) is 15.1 Å². The lowest BCUT2D eigenvalue weighted by Crippen LogP contribution is -2.54. The van der Waals surface area contributed by atoms with Gasteiger partial charge < -0.3 is 10.2 Å². The first-order chi connectivity index (χ1) is 19.9. The Morgan fingerprint density at radius 2 is 1.60 bits per heavy atom. The fraction of sp³-hybridized carbons (Fsp3) is 0.355. The highest BCUT2D eigenvalue weighted by Gasteiger charge is 2.34. The Hall–Kier alpha value is -2.78. The second kappa shape index (κ2) is 14.1. The highest BCUT2D eigenvalue weighted by atomic mass is 35.5. The fourth-order valence-corrected chi connectivity index (χ4v) is 6.44. The minimum absolute atomic E-state index is 0.0115. The third-order valence-corrected chi connectivity index (χ3v) is 9.72. The van der Waals surface area contributed by atoms with E-state index in [-0.39, 0.29) is 30.6 Å². The summed E-state index contributed by atoms with van der Waals surface area (Å²) in [6.07, 6.45) is 5.08. The highest BCUT2D eigenvalue weighted by molar-refractivity contribution is 7.92. The molecule has 0 aromatic heterocycles. The summed E-state index contributed by atoms with van der Waals surface area (Å²) in [5.41, 5.74) is 2.54. The molecule has 0 heterocycles. The maximum atomic E-state index is 14.2. The summed E-state index contributed by atoms with van der Waals surface area (Å²) >= 11 is 18.8. The van der Waals surface area contributed by atoms with E-state index in [0.29, 0.717) is 20.6 Å². The van der Waals surface area contributed by atoms with Crippen LogP contribution in [0.4, 0.5) is 5.69 Å². The number of carbonyl (C=O) groups excluding carboxylic acids is 2. The van der Waals surface area contributed by atoms with Crippen LogP contribution in [0.5, 0.6) is 0 Å². The summed E-state index contributed by atoms with van der Waals surface area (Å²) in [6, 6.07) is 18.4. The molecular formula is C31H34Cl3N3O4S. The van der Waals surface area contributed by atoms with E-state index in [1.807, 2.05) is 30.3 Å². The van der Waals surface area contributed by atoms with Crippen molar-refractivity contribution in [2.75, 3.05) is 17.1 Å². The molecule has 1 saturated carbocycles. The van der Waals surface area contributed by atoms with Gasteiger partial charge in [-0.15, -0.1) is 0 Å². The minimum Gasteiger partial charge on any atom is -0.352 e. The Bertz CT molecular complexity index is 1530. The van der Waals surface area contributed by atoms with Crippen LogP contribution >= 0.6 is 34.8 Å². The Balaban J connectivity index is 1.74. The summed E-state index contributed by atoms with van der Waals surface area (Å²) in [7, 11) is -3.90. The van der Waals surface area contributed by atoms with Gasteiger partial charge >= 0.3 is 0 Å². The average Bonchev–Trinajstić information content (AvgIpc) is 3.45. The van der Waals surface area contributed by atoms with Crippen molar-refractivity contribution in [1.29, 1.82) is 0 Å². The molecule has 11 heteroatoms. The first-order valence-electron chi connectivity index (χ1n) is 13.7. The molecule has 3 aromatic carbocycles. The lowest BCUT2D eigenvalue weighted by atomic mass is 10.0. The number of nitrogens with zero attached hydrogens (tertiary/aromatic N) is 2. The van der Waals surface area contributed by atoms with Crippen LogP contribution in [0.15, 0.2) is 66.7 Å². The van der Waals surface area contributed by atoms with E-state index in [9.17, 15) is 18.0 Å². The normalized spacial score (nSPS) is 14.4. The van der Waals surface area contributed by atoms with Crippen molar-refractivity contribution in [2.45, 2.75) is 57.7 Å². The molecule has 0 aliphatic heterocycles. The van der Waals surface area contributed by atoms with E-state index in [1.54, 1.807) is 37.3 Å². The maximum absolute atomic E-state index is 14.2. The van der Waals surface area contributed by atoms with Gasteiger partial charge in [0.05, 0.1) is 22.0 Å². The number of hydrogen-bond donors (Lipinski definition) is 1. The molecule has 0 spiro atoms. The third-order valence-electron chi connectivity index (χ3n) is 7.43. The van der Waals surface area contributed by atoms with Gasteiger partial charge in [-0.3, -0.25) is 13.9 Å². The van der Waals surface area contributed by atoms with Gasteiger partial charge in [0.2, 0.25) is 21.8 Å².